The van der Waals surface area contributed by atoms with E-state index in [1.54, 1.807) is 7.11 Å². The van der Waals surface area contributed by atoms with Gasteiger partial charge in [0.1, 0.15) is 18.5 Å². The number of hydrogen-bond acceptors (Lipinski definition) is 3. The number of carbonyl (C=O) groups is 1. The lowest BCUT2D eigenvalue weighted by Crippen LogP contribution is -2.50. The lowest BCUT2D eigenvalue weighted by molar-refractivity contribution is -0.140. The van der Waals surface area contributed by atoms with Crippen molar-refractivity contribution in [3.63, 3.8) is 0 Å². The molecule has 3 rings (SSSR count). The molecule has 1 amide bonds. The number of rotatable bonds is 2. The summed E-state index contributed by atoms with van der Waals surface area (Å²) in [4.78, 5) is 14.0. The Morgan fingerprint density at radius 2 is 2.33 bits per heavy atom. The van der Waals surface area contributed by atoms with Gasteiger partial charge in [0.15, 0.2) is 0 Å². The molecule has 2 aliphatic rings. The van der Waals surface area contributed by atoms with Crippen LogP contribution in [0.5, 0.6) is 5.75 Å². The van der Waals surface area contributed by atoms with Crippen molar-refractivity contribution in [3.8, 4) is 5.75 Å². The average molecular weight is 375 g/mol. The minimum atomic E-state index is 0.0279. The number of piperidine rings is 1. The second kappa shape index (κ2) is 5.78. The van der Waals surface area contributed by atoms with Crippen LogP contribution >= 0.6 is 27.5 Å². The molecule has 1 saturated heterocycles. The molecular weight excluding hydrogens is 358 g/mol. The van der Waals surface area contributed by atoms with Crippen molar-refractivity contribution < 1.29 is 14.3 Å². The van der Waals surface area contributed by atoms with Crippen molar-refractivity contribution in [3.05, 3.63) is 27.2 Å². The first-order valence-corrected chi connectivity index (χ1v) is 8.13. The summed E-state index contributed by atoms with van der Waals surface area (Å²) in [6, 6.07) is 4.11. The zero-order chi connectivity index (χ0) is 15.1. The van der Waals surface area contributed by atoms with Crippen molar-refractivity contribution in [1.29, 1.82) is 0 Å². The zero-order valence-electron chi connectivity index (χ0n) is 11.9. The third-order valence-electron chi connectivity index (χ3n) is 4.28. The largest absolute Gasteiger partial charge is 0.488 e. The standard InChI is InChI=1S/C15H17BrClNO3/c1-8-5-12-10(6-18(8)13(19)7-20-2)9-3-4-11(16)14(17)15(9)21-12/h3-4,8,10,12H,5-7H2,1-2H3/t8-,10?,12?/m1/s1. The van der Waals surface area contributed by atoms with E-state index in [1.165, 1.54) is 0 Å². The molecule has 1 aromatic carbocycles. The Hall–Kier alpha value is -0.780. The van der Waals surface area contributed by atoms with Crippen LogP contribution in [-0.4, -0.2) is 43.2 Å². The number of carbonyl (C=O) groups excluding carboxylic acids is 1. The molecule has 2 unspecified atom stereocenters. The van der Waals surface area contributed by atoms with Gasteiger partial charge in [0, 0.05) is 42.1 Å². The number of fused-ring (bicyclic) bond motifs is 3. The van der Waals surface area contributed by atoms with Crippen molar-refractivity contribution in [2.24, 2.45) is 0 Å². The summed E-state index contributed by atoms with van der Waals surface area (Å²) in [7, 11) is 1.54. The summed E-state index contributed by atoms with van der Waals surface area (Å²) in [5, 5.41) is 0.615. The third-order valence-corrected chi connectivity index (χ3v) is 5.55. The van der Waals surface area contributed by atoms with Crippen LogP contribution in [0.4, 0.5) is 0 Å². The SMILES string of the molecule is COCC(=O)N1CC2c3ccc(Br)c(Cl)c3OC2C[C@H]1C. The minimum Gasteiger partial charge on any atom is -0.488 e. The Morgan fingerprint density at radius 1 is 1.57 bits per heavy atom. The summed E-state index contributed by atoms with van der Waals surface area (Å²) in [6.45, 7) is 2.82. The number of amides is 1. The first kappa shape index (κ1) is 15.1. The molecule has 1 aromatic rings. The predicted molar refractivity (Wildman–Crippen MR) is 84.0 cm³/mol. The minimum absolute atomic E-state index is 0.0279. The Kier molecular flexibility index (Phi) is 4.17. The normalized spacial score (nSPS) is 27.0. The van der Waals surface area contributed by atoms with Crippen molar-refractivity contribution >= 4 is 33.4 Å². The van der Waals surface area contributed by atoms with Gasteiger partial charge in [0.05, 0.1) is 5.02 Å². The molecule has 2 aliphatic heterocycles. The molecule has 0 N–H and O–H groups in total. The Bertz CT molecular complexity index is 580. The summed E-state index contributed by atoms with van der Waals surface area (Å²) in [5.41, 5.74) is 1.09. The van der Waals surface area contributed by atoms with Gasteiger partial charge in [-0.2, -0.15) is 0 Å². The molecular formula is C15H17BrClNO3. The van der Waals surface area contributed by atoms with Crippen LogP contribution in [0.2, 0.25) is 5.02 Å². The molecule has 0 aromatic heterocycles. The highest BCUT2D eigenvalue weighted by molar-refractivity contribution is 9.10. The molecule has 1 fully saturated rings. The van der Waals surface area contributed by atoms with Crippen LogP contribution in [0.3, 0.4) is 0 Å². The maximum Gasteiger partial charge on any atom is 0.248 e. The molecule has 0 bridgehead atoms. The van der Waals surface area contributed by atoms with Crippen molar-refractivity contribution in [2.75, 3.05) is 20.3 Å². The van der Waals surface area contributed by atoms with E-state index in [1.807, 2.05) is 24.0 Å². The van der Waals surface area contributed by atoms with E-state index >= 15 is 0 Å². The van der Waals surface area contributed by atoms with Crippen molar-refractivity contribution in [2.45, 2.75) is 31.4 Å². The fraction of sp³-hybridized carbons (Fsp3) is 0.533. The maximum absolute atomic E-state index is 12.2. The van der Waals surface area contributed by atoms with Gasteiger partial charge < -0.3 is 14.4 Å². The van der Waals surface area contributed by atoms with Gasteiger partial charge in [-0.25, -0.2) is 0 Å². The number of nitrogens with zero attached hydrogens (tertiary/aromatic N) is 1. The maximum atomic E-state index is 12.2. The summed E-state index contributed by atoms with van der Waals surface area (Å²) < 4.78 is 11.9. The lowest BCUT2D eigenvalue weighted by atomic mass is 9.87. The van der Waals surface area contributed by atoms with Crippen LogP contribution in [0.25, 0.3) is 0 Å². The first-order valence-electron chi connectivity index (χ1n) is 6.96. The fourth-order valence-corrected chi connectivity index (χ4v) is 3.76. The number of methoxy groups -OCH3 is 1. The highest BCUT2D eigenvalue weighted by Crippen LogP contribution is 2.48. The number of hydrogen-bond donors (Lipinski definition) is 0. The van der Waals surface area contributed by atoms with Crippen LogP contribution in [0.15, 0.2) is 16.6 Å². The van der Waals surface area contributed by atoms with Gasteiger partial charge in [-0.05, 0) is 28.9 Å². The quantitative estimate of drug-likeness (QED) is 0.798. The van der Waals surface area contributed by atoms with E-state index in [0.717, 1.165) is 22.2 Å². The van der Waals surface area contributed by atoms with E-state index in [9.17, 15) is 4.79 Å². The zero-order valence-corrected chi connectivity index (χ0v) is 14.3. The van der Waals surface area contributed by atoms with Crippen LogP contribution < -0.4 is 4.74 Å². The molecule has 0 radical (unpaired) electrons. The van der Waals surface area contributed by atoms with E-state index in [0.29, 0.717) is 11.6 Å². The van der Waals surface area contributed by atoms with E-state index in [4.69, 9.17) is 21.1 Å². The van der Waals surface area contributed by atoms with Gasteiger partial charge in [-0.15, -0.1) is 0 Å². The second-order valence-corrected chi connectivity index (χ2v) is 6.84. The molecule has 21 heavy (non-hydrogen) atoms. The molecule has 3 atom stereocenters. The van der Waals surface area contributed by atoms with Gasteiger partial charge in [0.2, 0.25) is 5.91 Å². The first-order chi connectivity index (χ1) is 10.0. The third kappa shape index (κ3) is 2.56. The van der Waals surface area contributed by atoms with Crippen LogP contribution in [0.1, 0.15) is 24.8 Å². The van der Waals surface area contributed by atoms with Crippen molar-refractivity contribution in [1.82, 2.24) is 4.90 Å². The van der Waals surface area contributed by atoms with Crippen LogP contribution in [0, 0.1) is 0 Å². The summed E-state index contributed by atoms with van der Waals surface area (Å²) in [6.07, 6.45) is 0.899. The Labute approximate surface area is 137 Å². The average Bonchev–Trinajstić information content (AvgIpc) is 2.80. The summed E-state index contributed by atoms with van der Waals surface area (Å²) >= 11 is 9.74. The lowest BCUT2D eigenvalue weighted by Gasteiger charge is -2.39. The Balaban J connectivity index is 1.88. The second-order valence-electron chi connectivity index (χ2n) is 5.61. The Morgan fingerprint density at radius 3 is 3.05 bits per heavy atom. The van der Waals surface area contributed by atoms with E-state index in [-0.39, 0.29) is 30.6 Å². The molecule has 4 nitrogen and oxygen atoms in total. The van der Waals surface area contributed by atoms with Gasteiger partial charge in [0.25, 0.3) is 0 Å². The topological polar surface area (TPSA) is 38.8 Å². The van der Waals surface area contributed by atoms with Crippen LogP contribution in [-0.2, 0) is 9.53 Å². The van der Waals surface area contributed by atoms with Gasteiger partial charge in [-0.1, -0.05) is 17.7 Å². The van der Waals surface area contributed by atoms with Gasteiger partial charge >= 0.3 is 0 Å². The van der Waals surface area contributed by atoms with Gasteiger partial charge in [-0.3, -0.25) is 4.79 Å². The molecule has 0 aliphatic carbocycles. The molecule has 0 spiro atoms. The smallest absolute Gasteiger partial charge is 0.248 e. The highest BCUT2D eigenvalue weighted by atomic mass is 79.9. The highest BCUT2D eigenvalue weighted by Gasteiger charge is 2.43. The molecule has 0 saturated carbocycles. The number of likely N-dealkylation sites (tertiary alicyclic amines) is 1. The fourth-order valence-electron chi connectivity index (χ4n) is 3.23. The molecule has 114 valence electrons. The number of ether oxygens (including phenoxy) is 2. The number of benzene rings is 1. The molecule has 6 heteroatoms. The monoisotopic (exact) mass is 373 g/mol. The van der Waals surface area contributed by atoms with E-state index in [2.05, 4.69) is 15.9 Å². The molecule has 2 heterocycles. The number of halogens is 2. The van der Waals surface area contributed by atoms with E-state index < -0.39 is 0 Å². The summed E-state index contributed by atoms with van der Waals surface area (Å²) in [5.74, 6) is 0.969. The predicted octanol–water partition coefficient (Wildman–Crippen LogP) is 3.21.